The number of rotatable bonds is 9. The Morgan fingerprint density at radius 1 is 1.42 bits per heavy atom. The molecule has 1 heterocycles. The summed E-state index contributed by atoms with van der Waals surface area (Å²) in [5, 5.41) is 3.06. The zero-order valence-corrected chi connectivity index (χ0v) is 13.4. The van der Waals surface area contributed by atoms with Crippen LogP contribution >= 0.6 is 11.8 Å². The zero-order valence-electron chi connectivity index (χ0n) is 11.8. The maximum absolute atomic E-state index is 12.1. The van der Waals surface area contributed by atoms with E-state index in [4.69, 9.17) is 0 Å². The number of nitrogens with zero attached hydrogens (tertiary/aromatic N) is 1. The Kier molecular flexibility index (Phi) is 6.92. The van der Waals surface area contributed by atoms with Crippen molar-refractivity contribution in [3.05, 3.63) is 18.0 Å². The normalized spacial score (nSPS) is 11.9. The number of aryl methyl sites for hydroxylation is 1. The average Bonchev–Trinajstić information content (AvgIpc) is 2.75. The van der Waals surface area contributed by atoms with Crippen molar-refractivity contribution in [3.63, 3.8) is 0 Å². The molecule has 19 heavy (non-hydrogen) atoms. The molecule has 0 bridgehead atoms. The predicted octanol–water partition coefficient (Wildman–Crippen LogP) is 1.26. The molecule has 2 N–H and O–H groups in total. The van der Waals surface area contributed by atoms with Gasteiger partial charge in [0, 0.05) is 37.3 Å². The fourth-order valence-corrected chi connectivity index (χ4v) is 3.34. The fraction of sp³-hybridized carbons (Fsp3) is 0.667. The van der Waals surface area contributed by atoms with E-state index in [1.807, 2.05) is 17.9 Å². The van der Waals surface area contributed by atoms with E-state index in [0.29, 0.717) is 18.0 Å². The first-order valence-electron chi connectivity index (χ1n) is 6.37. The summed E-state index contributed by atoms with van der Waals surface area (Å²) >= 11 is 1.62. The van der Waals surface area contributed by atoms with Crippen LogP contribution in [0.3, 0.4) is 0 Å². The molecule has 0 unspecified atom stereocenters. The van der Waals surface area contributed by atoms with Crippen LogP contribution in [0, 0.1) is 0 Å². The molecule has 0 aliphatic carbocycles. The molecule has 0 saturated heterocycles. The Hall–Kier alpha value is -0.500. The Labute approximate surface area is 120 Å². The van der Waals surface area contributed by atoms with Gasteiger partial charge in [-0.05, 0) is 25.8 Å². The molecule has 0 atom stereocenters. The maximum Gasteiger partial charge on any atom is 0.242 e. The highest BCUT2D eigenvalue weighted by Gasteiger charge is 2.17. The van der Waals surface area contributed by atoms with Crippen molar-refractivity contribution in [3.8, 4) is 0 Å². The summed E-state index contributed by atoms with van der Waals surface area (Å²) < 4.78 is 28.9. The highest BCUT2D eigenvalue weighted by molar-refractivity contribution is 7.98. The summed E-state index contributed by atoms with van der Waals surface area (Å²) in [6.45, 7) is 4.04. The molecule has 0 amide bonds. The van der Waals surface area contributed by atoms with E-state index in [1.54, 1.807) is 24.0 Å². The van der Waals surface area contributed by atoms with Crippen molar-refractivity contribution in [2.24, 2.45) is 0 Å². The van der Waals surface area contributed by atoms with E-state index >= 15 is 0 Å². The minimum absolute atomic E-state index is 0.354. The number of hydrogen-bond donors (Lipinski definition) is 2. The lowest BCUT2D eigenvalue weighted by Gasteiger charge is -2.06. The molecule has 0 saturated carbocycles. The van der Waals surface area contributed by atoms with Crippen LogP contribution in [-0.2, 0) is 23.1 Å². The monoisotopic (exact) mass is 305 g/mol. The van der Waals surface area contributed by atoms with Crippen LogP contribution in [0.4, 0.5) is 0 Å². The van der Waals surface area contributed by atoms with Gasteiger partial charge >= 0.3 is 0 Å². The lowest BCUT2D eigenvalue weighted by molar-refractivity contribution is 0.583. The number of aromatic nitrogens is 1. The first kappa shape index (κ1) is 16.6. The van der Waals surface area contributed by atoms with Gasteiger partial charge in [-0.15, -0.1) is 0 Å². The largest absolute Gasteiger partial charge is 0.349 e. The van der Waals surface area contributed by atoms with Gasteiger partial charge in [-0.1, -0.05) is 6.92 Å². The summed E-state index contributed by atoms with van der Waals surface area (Å²) in [4.78, 5) is 0.354. The van der Waals surface area contributed by atoms with E-state index in [-0.39, 0.29) is 0 Å². The van der Waals surface area contributed by atoms with Gasteiger partial charge in [0.2, 0.25) is 10.0 Å². The van der Waals surface area contributed by atoms with Crippen LogP contribution in [0.5, 0.6) is 0 Å². The average molecular weight is 305 g/mol. The Morgan fingerprint density at radius 3 is 2.74 bits per heavy atom. The van der Waals surface area contributed by atoms with Gasteiger partial charge in [-0.3, -0.25) is 0 Å². The summed E-state index contributed by atoms with van der Waals surface area (Å²) in [5.41, 5.74) is 0.995. The third-order valence-electron chi connectivity index (χ3n) is 2.69. The molecule has 0 aliphatic heterocycles. The van der Waals surface area contributed by atoms with Crippen LogP contribution in [0.25, 0.3) is 0 Å². The second-order valence-corrected chi connectivity index (χ2v) is 7.03. The molecule has 0 fully saturated rings. The molecule has 1 aromatic heterocycles. The van der Waals surface area contributed by atoms with E-state index in [1.165, 1.54) is 0 Å². The van der Waals surface area contributed by atoms with Crippen LogP contribution in [0.15, 0.2) is 17.2 Å². The lowest BCUT2D eigenvalue weighted by Crippen LogP contribution is -2.25. The summed E-state index contributed by atoms with van der Waals surface area (Å²) in [6.07, 6.45) is 4.65. The van der Waals surface area contributed by atoms with Crippen molar-refractivity contribution >= 4 is 21.8 Å². The summed E-state index contributed by atoms with van der Waals surface area (Å²) in [5.74, 6) is 0.776. The standard InChI is InChI=1S/C12H23N3O2S2/c1-4-6-15-10-12(8-11(15)9-13-2)19(16,17)14-5-7-18-3/h8,10,13-14H,4-7,9H2,1-3H3. The third kappa shape index (κ3) is 4.83. The highest BCUT2D eigenvalue weighted by Crippen LogP contribution is 2.15. The second kappa shape index (κ2) is 7.94. The molecule has 0 spiro atoms. The highest BCUT2D eigenvalue weighted by atomic mass is 32.2. The molecule has 7 heteroatoms. The molecular weight excluding hydrogens is 282 g/mol. The van der Waals surface area contributed by atoms with E-state index in [0.717, 1.165) is 24.4 Å². The molecule has 0 radical (unpaired) electrons. The van der Waals surface area contributed by atoms with Crippen molar-refractivity contribution in [2.75, 3.05) is 25.6 Å². The smallest absolute Gasteiger partial charge is 0.242 e. The first-order chi connectivity index (χ1) is 9.05. The topological polar surface area (TPSA) is 63.1 Å². The quantitative estimate of drug-likeness (QED) is 0.674. The van der Waals surface area contributed by atoms with Crippen molar-refractivity contribution in [1.29, 1.82) is 0 Å². The number of nitrogens with one attached hydrogen (secondary N) is 2. The van der Waals surface area contributed by atoms with Crippen molar-refractivity contribution in [2.45, 2.75) is 31.3 Å². The van der Waals surface area contributed by atoms with E-state index in [2.05, 4.69) is 17.0 Å². The van der Waals surface area contributed by atoms with Crippen LogP contribution in [-0.4, -0.2) is 38.6 Å². The van der Waals surface area contributed by atoms with Crippen molar-refractivity contribution in [1.82, 2.24) is 14.6 Å². The van der Waals surface area contributed by atoms with Gasteiger partial charge in [-0.2, -0.15) is 11.8 Å². The van der Waals surface area contributed by atoms with Gasteiger partial charge in [0.1, 0.15) is 0 Å². The molecular formula is C12H23N3O2S2. The molecule has 1 aromatic rings. The summed E-state index contributed by atoms with van der Waals surface area (Å²) in [7, 11) is -1.53. The SMILES string of the molecule is CCCn1cc(S(=O)(=O)NCCSC)cc1CNC. The number of sulfonamides is 1. The molecule has 0 aliphatic rings. The van der Waals surface area contributed by atoms with Gasteiger partial charge in [0.25, 0.3) is 0 Å². The van der Waals surface area contributed by atoms with Crippen molar-refractivity contribution < 1.29 is 8.42 Å². The van der Waals surface area contributed by atoms with Gasteiger partial charge in [0.15, 0.2) is 0 Å². The minimum Gasteiger partial charge on any atom is -0.349 e. The zero-order chi connectivity index (χ0) is 14.3. The molecule has 1 rings (SSSR count). The van der Waals surface area contributed by atoms with Gasteiger partial charge in [0.05, 0.1) is 4.90 Å². The minimum atomic E-state index is -3.38. The predicted molar refractivity (Wildman–Crippen MR) is 81.1 cm³/mol. The number of thioether (sulfide) groups is 1. The molecule has 0 aromatic carbocycles. The van der Waals surface area contributed by atoms with Gasteiger partial charge in [-0.25, -0.2) is 13.1 Å². The van der Waals surface area contributed by atoms with Crippen LogP contribution in [0.1, 0.15) is 19.0 Å². The number of hydrogen-bond acceptors (Lipinski definition) is 4. The first-order valence-corrected chi connectivity index (χ1v) is 9.25. The summed E-state index contributed by atoms with van der Waals surface area (Å²) in [6, 6.07) is 1.74. The molecule has 110 valence electrons. The fourth-order valence-electron chi connectivity index (χ4n) is 1.81. The van der Waals surface area contributed by atoms with E-state index in [9.17, 15) is 8.42 Å². The Bertz CT molecular complexity index is 460. The molecule has 5 nitrogen and oxygen atoms in total. The van der Waals surface area contributed by atoms with Crippen LogP contribution in [0.2, 0.25) is 0 Å². The Morgan fingerprint density at radius 2 is 2.16 bits per heavy atom. The van der Waals surface area contributed by atoms with Crippen LogP contribution < -0.4 is 10.0 Å². The van der Waals surface area contributed by atoms with Gasteiger partial charge < -0.3 is 9.88 Å². The third-order valence-corrected chi connectivity index (χ3v) is 4.73. The Balaban J connectivity index is 2.90. The second-order valence-electron chi connectivity index (χ2n) is 4.28. The maximum atomic E-state index is 12.1. The lowest BCUT2D eigenvalue weighted by atomic mass is 10.4. The van der Waals surface area contributed by atoms with E-state index < -0.39 is 10.0 Å².